The molecule has 1 amide bonds. The maximum absolute atomic E-state index is 13.0. The predicted molar refractivity (Wildman–Crippen MR) is 119 cm³/mol. The number of rotatable bonds is 6. The average Bonchev–Trinajstić information content (AvgIpc) is 3.25. The van der Waals surface area contributed by atoms with Crippen LogP contribution in [0.5, 0.6) is 0 Å². The van der Waals surface area contributed by atoms with Crippen LogP contribution in [0.3, 0.4) is 0 Å². The van der Waals surface area contributed by atoms with Crippen LogP contribution in [0.2, 0.25) is 0 Å². The van der Waals surface area contributed by atoms with Gasteiger partial charge in [0.05, 0.1) is 24.3 Å². The van der Waals surface area contributed by atoms with Gasteiger partial charge in [0.25, 0.3) is 5.91 Å². The lowest BCUT2D eigenvalue weighted by atomic mass is 10.3. The monoisotopic (exact) mass is 458 g/mol. The summed E-state index contributed by atoms with van der Waals surface area (Å²) in [5.74, 6) is -0.377. The van der Waals surface area contributed by atoms with Gasteiger partial charge in [0.2, 0.25) is 10.0 Å². The van der Waals surface area contributed by atoms with Gasteiger partial charge in [-0.05, 0) is 36.6 Å². The molecule has 0 aliphatic carbocycles. The largest absolute Gasteiger partial charge is 0.379 e. The SMILES string of the molecule is CSc1ncc(C(=O)Nc2cccc(S(=O)(=O)N3CCOCC3)c2)n1-c1ccccc1. The fraction of sp³-hybridized carbons (Fsp3) is 0.238. The summed E-state index contributed by atoms with van der Waals surface area (Å²) in [6, 6.07) is 15.8. The Morgan fingerprint density at radius 2 is 1.84 bits per heavy atom. The Hall–Kier alpha value is -2.66. The normalized spacial score (nSPS) is 15.0. The topological polar surface area (TPSA) is 93.5 Å². The predicted octanol–water partition coefficient (Wildman–Crippen LogP) is 2.87. The first-order chi connectivity index (χ1) is 15.0. The number of thioether (sulfide) groups is 1. The zero-order chi connectivity index (χ0) is 21.8. The molecule has 4 rings (SSSR count). The maximum atomic E-state index is 13.0. The minimum absolute atomic E-state index is 0.133. The Kier molecular flexibility index (Phi) is 6.42. The first-order valence-corrected chi connectivity index (χ1v) is 12.3. The molecule has 1 aliphatic heterocycles. The molecule has 1 saturated heterocycles. The average molecular weight is 459 g/mol. The fourth-order valence-electron chi connectivity index (χ4n) is 3.33. The Labute approximate surface area is 185 Å². The van der Waals surface area contributed by atoms with Crippen LogP contribution in [0.25, 0.3) is 5.69 Å². The molecule has 162 valence electrons. The summed E-state index contributed by atoms with van der Waals surface area (Å²) in [6.45, 7) is 1.37. The van der Waals surface area contributed by atoms with Crippen molar-refractivity contribution in [1.82, 2.24) is 13.9 Å². The molecule has 31 heavy (non-hydrogen) atoms. The van der Waals surface area contributed by atoms with E-state index in [2.05, 4.69) is 10.3 Å². The molecule has 1 aromatic heterocycles. The Bertz CT molecular complexity index is 1170. The number of amides is 1. The molecule has 0 bridgehead atoms. The fourth-order valence-corrected chi connectivity index (χ4v) is 5.33. The number of morpholine rings is 1. The van der Waals surface area contributed by atoms with Crippen LogP contribution in [-0.2, 0) is 14.8 Å². The Morgan fingerprint density at radius 1 is 1.10 bits per heavy atom. The second kappa shape index (κ2) is 9.23. The number of hydrogen-bond acceptors (Lipinski definition) is 6. The molecule has 0 spiro atoms. The van der Waals surface area contributed by atoms with Crippen molar-refractivity contribution in [3.8, 4) is 5.69 Å². The number of hydrogen-bond donors (Lipinski definition) is 1. The van der Waals surface area contributed by atoms with Gasteiger partial charge in [-0.2, -0.15) is 4.31 Å². The highest BCUT2D eigenvalue weighted by Crippen LogP contribution is 2.24. The molecule has 0 unspecified atom stereocenters. The van der Waals surface area contributed by atoms with Crippen molar-refractivity contribution in [2.45, 2.75) is 10.1 Å². The van der Waals surface area contributed by atoms with E-state index in [1.54, 1.807) is 16.7 Å². The zero-order valence-electron chi connectivity index (χ0n) is 16.9. The van der Waals surface area contributed by atoms with Crippen LogP contribution >= 0.6 is 11.8 Å². The third-order valence-electron chi connectivity index (χ3n) is 4.86. The number of anilines is 1. The quantitative estimate of drug-likeness (QED) is 0.571. The molecule has 8 nitrogen and oxygen atoms in total. The molecule has 2 aromatic carbocycles. The van der Waals surface area contributed by atoms with Crippen molar-refractivity contribution < 1.29 is 17.9 Å². The molecular formula is C21H22N4O4S2. The van der Waals surface area contributed by atoms with E-state index >= 15 is 0 Å². The van der Waals surface area contributed by atoms with Gasteiger partial charge in [0, 0.05) is 24.5 Å². The van der Waals surface area contributed by atoms with Crippen LogP contribution in [0.4, 0.5) is 5.69 Å². The van der Waals surface area contributed by atoms with E-state index < -0.39 is 10.0 Å². The summed E-state index contributed by atoms with van der Waals surface area (Å²) in [5, 5.41) is 3.49. The lowest BCUT2D eigenvalue weighted by Gasteiger charge is -2.26. The zero-order valence-corrected chi connectivity index (χ0v) is 18.5. The third-order valence-corrected chi connectivity index (χ3v) is 7.41. The number of aromatic nitrogens is 2. The highest BCUT2D eigenvalue weighted by molar-refractivity contribution is 7.98. The minimum Gasteiger partial charge on any atom is -0.379 e. The van der Waals surface area contributed by atoms with E-state index in [1.165, 1.54) is 34.4 Å². The van der Waals surface area contributed by atoms with Gasteiger partial charge in [-0.1, -0.05) is 36.0 Å². The van der Waals surface area contributed by atoms with Gasteiger partial charge in [0.1, 0.15) is 5.69 Å². The van der Waals surface area contributed by atoms with Crippen LogP contribution in [0.15, 0.2) is 70.8 Å². The minimum atomic E-state index is -3.65. The first-order valence-electron chi connectivity index (χ1n) is 9.67. The molecule has 0 atom stereocenters. The number of nitrogens with zero attached hydrogens (tertiary/aromatic N) is 3. The summed E-state index contributed by atoms with van der Waals surface area (Å²) in [6.07, 6.45) is 3.41. The number of para-hydroxylation sites is 1. The summed E-state index contributed by atoms with van der Waals surface area (Å²) < 4.78 is 34.2. The van der Waals surface area contributed by atoms with Gasteiger partial charge < -0.3 is 10.1 Å². The van der Waals surface area contributed by atoms with Gasteiger partial charge in [-0.3, -0.25) is 9.36 Å². The highest BCUT2D eigenvalue weighted by atomic mass is 32.2. The lowest BCUT2D eigenvalue weighted by molar-refractivity contribution is 0.0730. The Balaban J connectivity index is 1.61. The van der Waals surface area contributed by atoms with Crippen molar-refractivity contribution in [2.24, 2.45) is 0 Å². The van der Waals surface area contributed by atoms with Gasteiger partial charge in [-0.25, -0.2) is 13.4 Å². The van der Waals surface area contributed by atoms with Crippen molar-refractivity contribution in [2.75, 3.05) is 37.9 Å². The molecular weight excluding hydrogens is 436 g/mol. The van der Waals surface area contributed by atoms with Crippen LogP contribution in [0.1, 0.15) is 10.5 Å². The van der Waals surface area contributed by atoms with E-state index in [9.17, 15) is 13.2 Å². The molecule has 1 N–H and O–H groups in total. The van der Waals surface area contributed by atoms with Crippen molar-refractivity contribution in [1.29, 1.82) is 0 Å². The molecule has 3 aromatic rings. The summed E-state index contributed by atoms with van der Waals surface area (Å²) in [4.78, 5) is 17.5. The maximum Gasteiger partial charge on any atom is 0.274 e. The lowest BCUT2D eigenvalue weighted by Crippen LogP contribution is -2.40. The molecule has 2 heterocycles. The summed E-state index contributed by atoms with van der Waals surface area (Å²) >= 11 is 1.43. The van der Waals surface area contributed by atoms with E-state index in [-0.39, 0.29) is 10.8 Å². The first kappa shape index (κ1) is 21.6. The van der Waals surface area contributed by atoms with Crippen molar-refractivity contribution in [3.63, 3.8) is 0 Å². The highest BCUT2D eigenvalue weighted by Gasteiger charge is 2.26. The van der Waals surface area contributed by atoms with Crippen LogP contribution in [0, 0.1) is 0 Å². The molecule has 0 radical (unpaired) electrons. The molecule has 0 saturated carbocycles. The third kappa shape index (κ3) is 4.52. The van der Waals surface area contributed by atoms with Gasteiger partial charge >= 0.3 is 0 Å². The van der Waals surface area contributed by atoms with Crippen molar-refractivity contribution in [3.05, 3.63) is 66.5 Å². The number of carbonyl (C=O) groups excluding carboxylic acids is 1. The molecule has 1 aliphatic rings. The van der Waals surface area contributed by atoms with Gasteiger partial charge in [0.15, 0.2) is 5.16 Å². The summed E-state index contributed by atoms with van der Waals surface area (Å²) in [7, 11) is -3.65. The number of nitrogens with one attached hydrogen (secondary N) is 1. The number of ether oxygens (including phenoxy) is 1. The van der Waals surface area contributed by atoms with Crippen LogP contribution in [-0.4, -0.2) is 60.7 Å². The van der Waals surface area contributed by atoms with E-state index in [4.69, 9.17) is 4.74 Å². The van der Waals surface area contributed by atoms with Crippen molar-refractivity contribution >= 4 is 33.4 Å². The smallest absolute Gasteiger partial charge is 0.274 e. The van der Waals surface area contributed by atoms with Crippen LogP contribution < -0.4 is 5.32 Å². The summed E-state index contributed by atoms with van der Waals surface area (Å²) in [5.41, 5.74) is 1.57. The number of benzene rings is 2. The Morgan fingerprint density at radius 3 is 2.55 bits per heavy atom. The van der Waals surface area contributed by atoms with Gasteiger partial charge in [-0.15, -0.1) is 0 Å². The molecule has 1 fully saturated rings. The van der Waals surface area contributed by atoms with E-state index in [1.807, 2.05) is 36.6 Å². The standard InChI is InChI=1S/C21H22N4O4S2/c1-30-21-22-15-19(25(21)17-7-3-2-4-8-17)20(26)23-16-6-5-9-18(14-16)31(27,28)24-10-12-29-13-11-24/h2-9,14-15H,10-13H2,1H3,(H,23,26). The second-order valence-electron chi connectivity index (χ2n) is 6.80. The van der Waals surface area contributed by atoms with E-state index in [0.29, 0.717) is 42.8 Å². The number of carbonyl (C=O) groups is 1. The molecule has 10 heteroatoms. The number of sulfonamides is 1. The second-order valence-corrected chi connectivity index (χ2v) is 9.51. The van der Waals surface area contributed by atoms with E-state index in [0.717, 1.165) is 5.69 Å². The number of imidazole rings is 1.